The van der Waals surface area contributed by atoms with Crippen LogP contribution < -0.4 is 5.32 Å². The van der Waals surface area contributed by atoms with Crippen molar-refractivity contribution >= 4 is 29.2 Å². The van der Waals surface area contributed by atoms with Gasteiger partial charge in [0.2, 0.25) is 0 Å². The molecule has 1 saturated carbocycles. The second kappa shape index (κ2) is 5.25. The Hall–Kier alpha value is -0.770. The molecule has 2 rings (SSSR count). The molecule has 0 bridgehead atoms. The lowest BCUT2D eigenvalue weighted by molar-refractivity contribution is -0.140. The van der Waals surface area contributed by atoms with E-state index in [9.17, 15) is 4.79 Å². The van der Waals surface area contributed by atoms with Crippen LogP contribution in [0.15, 0.2) is 18.2 Å². The molecule has 1 aromatic carbocycles. The molecular formula is C12H13Cl2NO2. The second-order valence-electron chi connectivity index (χ2n) is 4.28. The fourth-order valence-corrected chi connectivity index (χ4v) is 2.08. The largest absolute Gasteiger partial charge is 0.480 e. The predicted molar refractivity (Wildman–Crippen MR) is 67.4 cm³/mol. The number of halogens is 2. The van der Waals surface area contributed by atoms with Gasteiger partial charge in [-0.1, -0.05) is 29.3 Å². The summed E-state index contributed by atoms with van der Waals surface area (Å²) in [6.45, 7) is 0.490. The van der Waals surface area contributed by atoms with E-state index in [0.717, 1.165) is 18.4 Å². The van der Waals surface area contributed by atoms with Gasteiger partial charge in [0.1, 0.15) is 6.04 Å². The summed E-state index contributed by atoms with van der Waals surface area (Å²) < 4.78 is 0. The summed E-state index contributed by atoms with van der Waals surface area (Å²) >= 11 is 11.7. The molecule has 1 atom stereocenters. The first-order valence-electron chi connectivity index (χ1n) is 5.48. The van der Waals surface area contributed by atoms with Gasteiger partial charge in [0.15, 0.2) is 0 Å². The van der Waals surface area contributed by atoms with Crippen molar-refractivity contribution in [1.29, 1.82) is 0 Å². The van der Waals surface area contributed by atoms with Crippen molar-refractivity contribution in [2.24, 2.45) is 5.92 Å². The van der Waals surface area contributed by atoms with Crippen LogP contribution in [0.3, 0.4) is 0 Å². The average molecular weight is 274 g/mol. The summed E-state index contributed by atoms with van der Waals surface area (Å²) in [5.74, 6) is -0.511. The standard InChI is InChI=1S/C12H13Cl2NO2/c13-9-4-1-7(5-10(9)14)6-15-11(12(16)17)8-2-3-8/h1,4-5,8,11,15H,2-3,6H2,(H,16,17). The topological polar surface area (TPSA) is 49.3 Å². The van der Waals surface area contributed by atoms with Crippen molar-refractivity contribution in [2.75, 3.05) is 0 Å². The Bertz CT molecular complexity index is 433. The van der Waals surface area contributed by atoms with E-state index in [2.05, 4.69) is 5.32 Å². The highest BCUT2D eigenvalue weighted by Crippen LogP contribution is 2.33. The molecule has 92 valence electrons. The van der Waals surface area contributed by atoms with Gasteiger partial charge in [-0.15, -0.1) is 0 Å². The molecule has 1 fully saturated rings. The van der Waals surface area contributed by atoms with E-state index in [-0.39, 0.29) is 5.92 Å². The number of carbonyl (C=O) groups is 1. The van der Waals surface area contributed by atoms with Gasteiger partial charge in [-0.2, -0.15) is 0 Å². The van der Waals surface area contributed by atoms with Crippen LogP contribution in [0.5, 0.6) is 0 Å². The third-order valence-electron chi connectivity index (χ3n) is 2.87. The van der Waals surface area contributed by atoms with Crippen LogP contribution >= 0.6 is 23.2 Å². The molecule has 0 amide bonds. The maximum atomic E-state index is 11.0. The summed E-state index contributed by atoms with van der Waals surface area (Å²) in [7, 11) is 0. The normalized spacial score (nSPS) is 16.8. The van der Waals surface area contributed by atoms with Crippen LogP contribution in [0.4, 0.5) is 0 Å². The highest BCUT2D eigenvalue weighted by molar-refractivity contribution is 6.42. The molecule has 0 radical (unpaired) electrons. The second-order valence-corrected chi connectivity index (χ2v) is 5.10. The van der Waals surface area contributed by atoms with Crippen LogP contribution in [0.2, 0.25) is 10.0 Å². The zero-order chi connectivity index (χ0) is 12.4. The molecule has 1 aromatic rings. The van der Waals surface area contributed by atoms with E-state index in [1.54, 1.807) is 12.1 Å². The minimum atomic E-state index is -0.785. The molecule has 1 aliphatic rings. The lowest BCUT2D eigenvalue weighted by Crippen LogP contribution is -2.38. The summed E-state index contributed by atoms with van der Waals surface area (Å²) in [5.41, 5.74) is 0.936. The zero-order valence-corrected chi connectivity index (χ0v) is 10.6. The van der Waals surface area contributed by atoms with Crippen molar-refractivity contribution in [3.05, 3.63) is 33.8 Å². The van der Waals surface area contributed by atoms with E-state index >= 15 is 0 Å². The molecule has 0 saturated heterocycles. The van der Waals surface area contributed by atoms with E-state index in [1.807, 2.05) is 6.07 Å². The Morgan fingerprint density at radius 1 is 1.41 bits per heavy atom. The molecule has 17 heavy (non-hydrogen) atoms. The predicted octanol–water partition coefficient (Wildman–Crippen LogP) is 2.95. The van der Waals surface area contributed by atoms with Crippen LogP contribution in [0, 0.1) is 5.92 Å². The van der Waals surface area contributed by atoms with E-state index in [0.29, 0.717) is 16.6 Å². The quantitative estimate of drug-likeness (QED) is 0.867. The average Bonchev–Trinajstić information content (AvgIpc) is 3.07. The first-order valence-corrected chi connectivity index (χ1v) is 6.23. The van der Waals surface area contributed by atoms with Crippen molar-refractivity contribution in [3.63, 3.8) is 0 Å². The Kier molecular flexibility index (Phi) is 3.92. The number of carboxylic acids is 1. The molecule has 5 heteroatoms. The SMILES string of the molecule is O=C(O)C(NCc1ccc(Cl)c(Cl)c1)C1CC1. The maximum absolute atomic E-state index is 11.0. The number of rotatable bonds is 5. The van der Waals surface area contributed by atoms with Gasteiger partial charge in [0.05, 0.1) is 10.0 Å². The molecule has 0 aliphatic heterocycles. The Morgan fingerprint density at radius 2 is 2.12 bits per heavy atom. The van der Waals surface area contributed by atoms with Crippen molar-refractivity contribution in [1.82, 2.24) is 5.32 Å². The summed E-state index contributed by atoms with van der Waals surface area (Å²) in [4.78, 5) is 11.0. The summed E-state index contributed by atoms with van der Waals surface area (Å²) in [6, 6.07) is 4.85. The van der Waals surface area contributed by atoms with Crippen LogP contribution in [0.1, 0.15) is 18.4 Å². The third-order valence-corrected chi connectivity index (χ3v) is 3.61. The molecule has 2 N–H and O–H groups in total. The Labute approximate surface area is 110 Å². The number of hydrogen-bond donors (Lipinski definition) is 2. The molecule has 1 unspecified atom stereocenters. The van der Waals surface area contributed by atoms with Gasteiger partial charge < -0.3 is 10.4 Å². The maximum Gasteiger partial charge on any atom is 0.320 e. The minimum absolute atomic E-state index is 0.273. The van der Waals surface area contributed by atoms with Crippen molar-refractivity contribution in [3.8, 4) is 0 Å². The zero-order valence-electron chi connectivity index (χ0n) is 9.12. The highest BCUT2D eigenvalue weighted by atomic mass is 35.5. The van der Waals surface area contributed by atoms with Crippen LogP contribution in [-0.4, -0.2) is 17.1 Å². The first-order chi connectivity index (χ1) is 8.08. The van der Waals surface area contributed by atoms with Crippen LogP contribution in [0.25, 0.3) is 0 Å². The van der Waals surface area contributed by atoms with Crippen molar-refractivity contribution in [2.45, 2.75) is 25.4 Å². The Morgan fingerprint density at radius 3 is 2.65 bits per heavy atom. The smallest absolute Gasteiger partial charge is 0.320 e. The number of nitrogens with one attached hydrogen (secondary N) is 1. The fraction of sp³-hybridized carbons (Fsp3) is 0.417. The third kappa shape index (κ3) is 3.35. The molecule has 0 spiro atoms. The van der Waals surface area contributed by atoms with Gasteiger partial charge in [-0.05, 0) is 36.5 Å². The van der Waals surface area contributed by atoms with Gasteiger partial charge in [0, 0.05) is 6.54 Å². The molecule has 3 nitrogen and oxygen atoms in total. The molecule has 0 heterocycles. The molecular weight excluding hydrogens is 261 g/mol. The Balaban J connectivity index is 1.96. The number of hydrogen-bond acceptors (Lipinski definition) is 2. The minimum Gasteiger partial charge on any atom is -0.480 e. The highest BCUT2D eigenvalue weighted by Gasteiger charge is 2.35. The summed E-state index contributed by atoms with van der Waals surface area (Å²) in [5, 5.41) is 13.1. The fourth-order valence-electron chi connectivity index (χ4n) is 1.76. The summed E-state index contributed by atoms with van der Waals surface area (Å²) in [6.07, 6.45) is 1.98. The van der Waals surface area contributed by atoms with Gasteiger partial charge in [0.25, 0.3) is 0 Å². The first kappa shape index (κ1) is 12.7. The molecule has 1 aliphatic carbocycles. The number of aliphatic carboxylic acids is 1. The van der Waals surface area contributed by atoms with E-state index in [1.165, 1.54) is 0 Å². The van der Waals surface area contributed by atoms with E-state index < -0.39 is 12.0 Å². The van der Waals surface area contributed by atoms with Gasteiger partial charge in [-0.25, -0.2) is 0 Å². The van der Waals surface area contributed by atoms with Gasteiger partial charge in [-0.3, -0.25) is 4.79 Å². The van der Waals surface area contributed by atoms with Gasteiger partial charge >= 0.3 is 5.97 Å². The monoisotopic (exact) mass is 273 g/mol. The van der Waals surface area contributed by atoms with Crippen LogP contribution in [-0.2, 0) is 11.3 Å². The van der Waals surface area contributed by atoms with Crippen molar-refractivity contribution < 1.29 is 9.90 Å². The number of benzene rings is 1. The lowest BCUT2D eigenvalue weighted by atomic mass is 10.1. The molecule has 0 aromatic heterocycles. The lowest BCUT2D eigenvalue weighted by Gasteiger charge is -2.13. The number of carboxylic acid groups (broad SMARTS) is 1. The van der Waals surface area contributed by atoms with E-state index in [4.69, 9.17) is 28.3 Å².